The smallest absolute Gasteiger partial charge is 0.209 e. The molecule has 1 fully saturated rings. The summed E-state index contributed by atoms with van der Waals surface area (Å²) in [6.07, 6.45) is 3.79. The van der Waals surface area contributed by atoms with Gasteiger partial charge in [-0.3, -0.25) is 4.90 Å². The third kappa shape index (κ3) is 2.58. The van der Waals surface area contributed by atoms with Crippen molar-refractivity contribution in [1.82, 2.24) is 9.88 Å². The fourth-order valence-electron chi connectivity index (χ4n) is 3.40. The molecule has 4 heteroatoms. The molecule has 1 aromatic heterocycles. The Hall–Kier alpha value is -1.39. The van der Waals surface area contributed by atoms with Crippen LogP contribution in [0.2, 0.25) is 0 Å². The lowest BCUT2D eigenvalue weighted by Gasteiger charge is -2.30. The van der Waals surface area contributed by atoms with Crippen molar-refractivity contribution in [3.05, 3.63) is 30.2 Å². The van der Waals surface area contributed by atoms with E-state index in [9.17, 15) is 0 Å². The number of hydrogen-bond donors (Lipinski definition) is 1. The quantitative estimate of drug-likeness (QED) is 0.910. The van der Waals surface area contributed by atoms with E-state index in [4.69, 9.17) is 10.2 Å². The Balaban J connectivity index is 1.77. The van der Waals surface area contributed by atoms with Crippen LogP contribution in [0, 0.1) is 5.92 Å². The zero-order valence-corrected chi connectivity index (χ0v) is 12.1. The summed E-state index contributed by atoms with van der Waals surface area (Å²) in [5, 5.41) is 0. The number of para-hydroxylation sites is 2. The Bertz CT molecular complexity index is 533. The average molecular weight is 273 g/mol. The predicted molar refractivity (Wildman–Crippen MR) is 80.3 cm³/mol. The second kappa shape index (κ2) is 5.94. The largest absolute Gasteiger partial charge is 0.439 e. The van der Waals surface area contributed by atoms with Crippen LogP contribution in [-0.2, 0) is 6.54 Å². The second-order valence-corrected chi connectivity index (χ2v) is 5.63. The van der Waals surface area contributed by atoms with Crippen LogP contribution >= 0.6 is 0 Å². The topological polar surface area (TPSA) is 55.3 Å². The Morgan fingerprint density at radius 3 is 2.95 bits per heavy atom. The number of nitrogens with two attached hydrogens (primary N) is 1. The lowest BCUT2D eigenvalue weighted by molar-refractivity contribution is 0.149. The van der Waals surface area contributed by atoms with Crippen LogP contribution in [0.4, 0.5) is 0 Å². The maximum atomic E-state index is 5.91. The number of rotatable bonds is 5. The molecule has 1 aliphatic carbocycles. The van der Waals surface area contributed by atoms with Crippen LogP contribution in [0.5, 0.6) is 0 Å². The van der Waals surface area contributed by atoms with Crippen molar-refractivity contribution in [1.29, 1.82) is 0 Å². The van der Waals surface area contributed by atoms with Crippen LogP contribution < -0.4 is 5.73 Å². The highest BCUT2D eigenvalue weighted by Gasteiger charge is 2.31. The van der Waals surface area contributed by atoms with Gasteiger partial charge < -0.3 is 10.2 Å². The van der Waals surface area contributed by atoms with Crippen molar-refractivity contribution in [2.24, 2.45) is 11.7 Å². The molecular formula is C16H23N3O. The first-order chi connectivity index (χ1) is 9.81. The van der Waals surface area contributed by atoms with Gasteiger partial charge in [-0.25, -0.2) is 4.98 Å². The van der Waals surface area contributed by atoms with Crippen molar-refractivity contribution < 1.29 is 4.42 Å². The zero-order chi connectivity index (χ0) is 13.9. The molecule has 0 spiro atoms. The molecule has 2 atom stereocenters. The second-order valence-electron chi connectivity index (χ2n) is 5.63. The minimum Gasteiger partial charge on any atom is -0.439 e. The van der Waals surface area contributed by atoms with Gasteiger partial charge >= 0.3 is 0 Å². The molecule has 108 valence electrons. The maximum absolute atomic E-state index is 5.91. The molecule has 1 heterocycles. The highest BCUT2D eigenvalue weighted by atomic mass is 16.3. The molecule has 20 heavy (non-hydrogen) atoms. The molecule has 0 bridgehead atoms. The van der Waals surface area contributed by atoms with Gasteiger partial charge in [-0.15, -0.1) is 0 Å². The number of nitrogens with zero attached hydrogens (tertiary/aromatic N) is 2. The SMILES string of the molecule is CCN(Cc1nc2ccccc2o1)C1CCCC1CN. The molecular weight excluding hydrogens is 250 g/mol. The van der Waals surface area contributed by atoms with E-state index in [0.717, 1.165) is 36.6 Å². The first-order valence-electron chi connectivity index (χ1n) is 7.60. The summed E-state index contributed by atoms with van der Waals surface area (Å²) in [7, 11) is 0. The lowest BCUT2D eigenvalue weighted by atomic mass is 10.0. The minimum atomic E-state index is 0.583. The third-order valence-electron chi connectivity index (χ3n) is 4.47. The van der Waals surface area contributed by atoms with Gasteiger partial charge in [0, 0.05) is 6.04 Å². The first kappa shape index (κ1) is 13.6. The van der Waals surface area contributed by atoms with E-state index in [-0.39, 0.29) is 0 Å². The Morgan fingerprint density at radius 2 is 2.20 bits per heavy atom. The van der Waals surface area contributed by atoms with E-state index in [1.807, 2.05) is 24.3 Å². The normalized spacial score (nSPS) is 22.9. The highest BCUT2D eigenvalue weighted by molar-refractivity contribution is 5.72. The monoisotopic (exact) mass is 273 g/mol. The number of fused-ring (bicyclic) bond motifs is 1. The van der Waals surface area contributed by atoms with E-state index in [1.165, 1.54) is 19.3 Å². The summed E-state index contributed by atoms with van der Waals surface area (Å²) in [6.45, 7) is 4.79. The molecule has 2 aromatic rings. The molecule has 0 saturated heterocycles. The molecule has 3 rings (SSSR count). The van der Waals surface area contributed by atoms with Crippen molar-refractivity contribution >= 4 is 11.1 Å². The van der Waals surface area contributed by atoms with E-state index in [0.29, 0.717) is 12.0 Å². The summed E-state index contributed by atoms with van der Waals surface area (Å²) >= 11 is 0. The molecule has 1 aromatic carbocycles. The molecule has 1 saturated carbocycles. The van der Waals surface area contributed by atoms with Crippen molar-refractivity contribution in [3.63, 3.8) is 0 Å². The molecule has 4 nitrogen and oxygen atoms in total. The summed E-state index contributed by atoms with van der Waals surface area (Å²) in [6, 6.07) is 8.53. The van der Waals surface area contributed by atoms with Gasteiger partial charge in [-0.05, 0) is 44.0 Å². The van der Waals surface area contributed by atoms with E-state index in [1.54, 1.807) is 0 Å². The average Bonchev–Trinajstić information content (AvgIpc) is 3.10. The van der Waals surface area contributed by atoms with Crippen LogP contribution in [0.1, 0.15) is 32.1 Å². The highest BCUT2D eigenvalue weighted by Crippen LogP contribution is 2.30. The van der Waals surface area contributed by atoms with E-state index >= 15 is 0 Å². The molecule has 1 aliphatic rings. The van der Waals surface area contributed by atoms with Gasteiger partial charge in [0.1, 0.15) is 5.52 Å². The Kier molecular flexibility index (Phi) is 4.03. The number of benzene rings is 1. The molecule has 0 radical (unpaired) electrons. The van der Waals surface area contributed by atoms with Crippen LogP contribution in [-0.4, -0.2) is 29.0 Å². The lowest BCUT2D eigenvalue weighted by Crippen LogP contribution is -2.39. The molecule has 2 unspecified atom stereocenters. The van der Waals surface area contributed by atoms with Crippen LogP contribution in [0.15, 0.2) is 28.7 Å². The summed E-state index contributed by atoms with van der Waals surface area (Å²) < 4.78 is 5.84. The van der Waals surface area contributed by atoms with Gasteiger partial charge in [0.15, 0.2) is 5.58 Å². The molecule has 0 amide bonds. The number of oxazole rings is 1. The third-order valence-corrected chi connectivity index (χ3v) is 4.47. The van der Waals surface area contributed by atoms with Crippen LogP contribution in [0.3, 0.4) is 0 Å². The van der Waals surface area contributed by atoms with Crippen molar-refractivity contribution in [3.8, 4) is 0 Å². The standard InChI is InChI=1S/C16H23N3O/c1-2-19(14-8-5-6-12(14)10-17)11-16-18-13-7-3-4-9-15(13)20-16/h3-4,7,9,12,14H,2,5-6,8,10-11,17H2,1H3. The van der Waals surface area contributed by atoms with Crippen molar-refractivity contribution in [2.45, 2.75) is 38.8 Å². The number of hydrogen-bond acceptors (Lipinski definition) is 4. The van der Waals surface area contributed by atoms with E-state index in [2.05, 4.69) is 16.8 Å². The minimum absolute atomic E-state index is 0.583. The summed E-state index contributed by atoms with van der Waals surface area (Å²) in [5.74, 6) is 1.44. The maximum Gasteiger partial charge on any atom is 0.209 e. The summed E-state index contributed by atoms with van der Waals surface area (Å²) in [5.41, 5.74) is 7.73. The van der Waals surface area contributed by atoms with Crippen LogP contribution in [0.25, 0.3) is 11.1 Å². The van der Waals surface area contributed by atoms with Gasteiger partial charge in [0.2, 0.25) is 5.89 Å². The zero-order valence-electron chi connectivity index (χ0n) is 12.1. The fourth-order valence-corrected chi connectivity index (χ4v) is 3.40. The van der Waals surface area contributed by atoms with Gasteiger partial charge in [0.25, 0.3) is 0 Å². The number of aromatic nitrogens is 1. The molecule has 0 aliphatic heterocycles. The van der Waals surface area contributed by atoms with Crippen molar-refractivity contribution in [2.75, 3.05) is 13.1 Å². The van der Waals surface area contributed by atoms with Gasteiger partial charge in [-0.1, -0.05) is 25.5 Å². The first-order valence-corrected chi connectivity index (χ1v) is 7.60. The molecule has 2 N–H and O–H groups in total. The Labute approximate surface area is 120 Å². The van der Waals surface area contributed by atoms with Gasteiger partial charge in [-0.2, -0.15) is 0 Å². The predicted octanol–water partition coefficient (Wildman–Crippen LogP) is 2.78. The Morgan fingerprint density at radius 1 is 1.35 bits per heavy atom. The van der Waals surface area contributed by atoms with E-state index < -0.39 is 0 Å². The summed E-state index contributed by atoms with van der Waals surface area (Å²) in [4.78, 5) is 7.05. The van der Waals surface area contributed by atoms with Gasteiger partial charge in [0.05, 0.1) is 6.54 Å². The fraction of sp³-hybridized carbons (Fsp3) is 0.562.